The summed E-state index contributed by atoms with van der Waals surface area (Å²) in [5.41, 5.74) is 8.30. The van der Waals surface area contributed by atoms with Gasteiger partial charge in [0.1, 0.15) is 5.75 Å². The number of carbonyl (C=O) groups excluding carboxylic acids is 1. The molecule has 32 heavy (non-hydrogen) atoms. The molecule has 1 aromatic rings. The van der Waals surface area contributed by atoms with Crippen LogP contribution in [0.5, 0.6) is 5.75 Å². The Morgan fingerprint density at radius 3 is 2.69 bits per heavy atom. The number of hydrogen-bond donors (Lipinski definition) is 1. The van der Waals surface area contributed by atoms with Gasteiger partial charge in [0.15, 0.2) is 0 Å². The van der Waals surface area contributed by atoms with Gasteiger partial charge in [0, 0.05) is 67.2 Å². The maximum Gasteiger partial charge on any atom is 0.236 e. The molecule has 1 aliphatic carbocycles. The van der Waals surface area contributed by atoms with Crippen LogP contribution in [0.15, 0.2) is 41.4 Å². The molecule has 0 atom stereocenters. The molecule has 1 amide bonds. The van der Waals surface area contributed by atoms with Crippen molar-refractivity contribution in [2.45, 2.75) is 38.6 Å². The van der Waals surface area contributed by atoms with Crippen LogP contribution in [0.2, 0.25) is 0 Å². The van der Waals surface area contributed by atoms with Crippen LogP contribution in [0.4, 0.5) is 0 Å². The van der Waals surface area contributed by atoms with Crippen LogP contribution in [-0.4, -0.2) is 79.1 Å². The normalized spacial score (nSPS) is 20.8. The first kappa shape index (κ1) is 23.2. The Morgan fingerprint density at radius 1 is 1.22 bits per heavy atom. The molecule has 2 aliphatic heterocycles. The largest absolute Gasteiger partial charge is 0.494 e. The van der Waals surface area contributed by atoms with E-state index in [1.807, 2.05) is 36.1 Å². The lowest BCUT2D eigenvalue weighted by atomic mass is 9.91. The van der Waals surface area contributed by atoms with Crippen molar-refractivity contribution in [2.24, 2.45) is 5.73 Å². The van der Waals surface area contributed by atoms with Gasteiger partial charge in [-0.3, -0.25) is 14.6 Å². The SMILES string of the molecule is C=C(SC1=C(N)CCN(CC(=O)N2CCN(C3CCC3)CC2)C1)c1cccc(OCC)c1. The lowest BCUT2D eigenvalue weighted by Gasteiger charge is -2.43. The van der Waals surface area contributed by atoms with Crippen LogP contribution in [0.1, 0.15) is 38.2 Å². The van der Waals surface area contributed by atoms with Gasteiger partial charge >= 0.3 is 0 Å². The number of carbonyl (C=O) groups is 1. The monoisotopic (exact) mass is 456 g/mol. The summed E-state index contributed by atoms with van der Waals surface area (Å²) in [7, 11) is 0. The number of rotatable bonds is 8. The number of amides is 1. The highest BCUT2D eigenvalue weighted by Gasteiger charge is 2.30. The van der Waals surface area contributed by atoms with Gasteiger partial charge in [0.25, 0.3) is 0 Å². The van der Waals surface area contributed by atoms with E-state index < -0.39 is 0 Å². The molecular weight excluding hydrogens is 420 g/mol. The highest BCUT2D eigenvalue weighted by atomic mass is 32.2. The molecule has 0 aromatic heterocycles. The number of nitrogens with zero attached hydrogens (tertiary/aromatic N) is 3. The molecule has 1 saturated carbocycles. The Morgan fingerprint density at radius 2 is 2.00 bits per heavy atom. The summed E-state index contributed by atoms with van der Waals surface area (Å²) in [5.74, 6) is 1.09. The lowest BCUT2D eigenvalue weighted by Crippen LogP contribution is -2.55. The first-order valence-electron chi connectivity index (χ1n) is 11.8. The van der Waals surface area contributed by atoms with Crippen molar-refractivity contribution in [2.75, 3.05) is 52.4 Å². The Labute approximate surface area is 196 Å². The summed E-state index contributed by atoms with van der Waals surface area (Å²) >= 11 is 1.62. The summed E-state index contributed by atoms with van der Waals surface area (Å²) in [6.45, 7) is 12.6. The molecule has 174 valence electrons. The van der Waals surface area contributed by atoms with Crippen molar-refractivity contribution in [1.29, 1.82) is 0 Å². The molecule has 7 heteroatoms. The maximum atomic E-state index is 12.9. The minimum atomic E-state index is 0.242. The van der Waals surface area contributed by atoms with Crippen LogP contribution in [-0.2, 0) is 4.79 Å². The highest BCUT2D eigenvalue weighted by Crippen LogP contribution is 2.36. The van der Waals surface area contributed by atoms with Crippen molar-refractivity contribution >= 4 is 22.6 Å². The van der Waals surface area contributed by atoms with E-state index in [2.05, 4.69) is 16.4 Å². The average molecular weight is 457 g/mol. The second-order valence-electron chi connectivity index (χ2n) is 8.90. The molecule has 1 saturated heterocycles. The molecule has 4 rings (SSSR count). The second-order valence-corrected chi connectivity index (χ2v) is 10.1. The molecule has 6 nitrogen and oxygen atoms in total. The number of piperazine rings is 1. The highest BCUT2D eigenvalue weighted by molar-refractivity contribution is 8.11. The number of hydrogen-bond acceptors (Lipinski definition) is 6. The Kier molecular flexibility index (Phi) is 7.81. The number of benzene rings is 1. The Bertz CT molecular complexity index is 859. The van der Waals surface area contributed by atoms with Crippen molar-refractivity contribution < 1.29 is 9.53 Å². The van der Waals surface area contributed by atoms with Crippen molar-refractivity contribution in [1.82, 2.24) is 14.7 Å². The first-order chi connectivity index (χ1) is 15.5. The molecule has 3 aliphatic rings. The van der Waals surface area contributed by atoms with E-state index >= 15 is 0 Å². The predicted molar refractivity (Wildman–Crippen MR) is 132 cm³/mol. The Balaban J connectivity index is 1.28. The van der Waals surface area contributed by atoms with Crippen LogP contribution < -0.4 is 10.5 Å². The summed E-state index contributed by atoms with van der Waals surface area (Å²) in [5, 5.41) is 0. The van der Waals surface area contributed by atoms with E-state index in [9.17, 15) is 4.79 Å². The molecule has 0 bridgehead atoms. The molecule has 2 heterocycles. The van der Waals surface area contributed by atoms with Crippen molar-refractivity contribution in [3.63, 3.8) is 0 Å². The predicted octanol–water partition coefficient (Wildman–Crippen LogP) is 3.36. The van der Waals surface area contributed by atoms with E-state index in [-0.39, 0.29) is 5.91 Å². The molecule has 0 spiro atoms. The Hall–Kier alpha value is -1.96. The maximum absolute atomic E-state index is 12.9. The topological polar surface area (TPSA) is 62.0 Å². The van der Waals surface area contributed by atoms with Gasteiger partial charge in [-0.25, -0.2) is 0 Å². The standard InChI is InChI=1S/C25H36N4O2S/c1-3-31-22-9-4-6-20(16-22)19(2)32-24-17-27(11-10-23(24)26)18-25(30)29-14-12-28(13-15-29)21-7-5-8-21/h4,6,9,16,21H,2-3,5,7-8,10-15,17-18,26H2,1H3. The van der Waals surface area contributed by atoms with Crippen LogP contribution >= 0.6 is 11.8 Å². The molecular formula is C25H36N4O2S. The average Bonchev–Trinajstić information content (AvgIpc) is 2.76. The fourth-order valence-electron chi connectivity index (χ4n) is 4.55. The zero-order chi connectivity index (χ0) is 22.5. The number of nitrogens with two attached hydrogens (primary N) is 1. The number of ether oxygens (including phenoxy) is 1. The van der Waals surface area contributed by atoms with Crippen LogP contribution in [0, 0.1) is 0 Å². The summed E-state index contributed by atoms with van der Waals surface area (Å²) in [6.07, 6.45) is 4.81. The molecule has 0 radical (unpaired) electrons. The van der Waals surface area contributed by atoms with Gasteiger partial charge in [-0.05, 0) is 37.5 Å². The van der Waals surface area contributed by atoms with E-state index in [0.717, 1.165) is 72.0 Å². The van der Waals surface area contributed by atoms with Gasteiger partial charge in [0.2, 0.25) is 5.91 Å². The third kappa shape index (κ3) is 5.69. The minimum absolute atomic E-state index is 0.242. The molecule has 2 fully saturated rings. The van der Waals surface area contributed by atoms with Crippen molar-refractivity contribution in [3.8, 4) is 5.75 Å². The molecule has 1 aromatic carbocycles. The summed E-state index contributed by atoms with van der Waals surface area (Å²) < 4.78 is 5.62. The third-order valence-corrected chi connectivity index (χ3v) is 7.87. The second kappa shape index (κ2) is 10.8. The molecule has 0 unspecified atom stereocenters. The van der Waals surface area contributed by atoms with E-state index in [1.165, 1.54) is 19.3 Å². The molecule has 2 N–H and O–H groups in total. The fraction of sp³-hybridized carbons (Fsp3) is 0.560. The van der Waals surface area contributed by atoms with Gasteiger partial charge < -0.3 is 15.4 Å². The van der Waals surface area contributed by atoms with E-state index in [0.29, 0.717) is 19.7 Å². The number of thioether (sulfide) groups is 1. The zero-order valence-corrected chi connectivity index (χ0v) is 20.0. The lowest BCUT2D eigenvalue weighted by molar-refractivity contribution is -0.134. The minimum Gasteiger partial charge on any atom is -0.494 e. The zero-order valence-electron chi connectivity index (χ0n) is 19.2. The van der Waals surface area contributed by atoms with Gasteiger partial charge in [0.05, 0.1) is 13.2 Å². The van der Waals surface area contributed by atoms with Crippen molar-refractivity contribution in [3.05, 3.63) is 47.0 Å². The first-order valence-corrected chi connectivity index (χ1v) is 12.7. The van der Waals surface area contributed by atoms with Crippen LogP contribution in [0.25, 0.3) is 4.91 Å². The smallest absolute Gasteiger partial charge is 0.236 e. The van der Waals surface area contributed by atoms with E-state index in [1.54, 1.807) is 11.8 Å². The van der Waals surface area contributed by atoms with Gasteiger partial charge in [-0.2, -0.15) is 0 Å². The summed E-state index contributed by atoms with van der Waals surface area (Å²) in [6, 6.07) is 8.77. The van der Waals surface area contributed by atoms with Gasteiger partial charge in [-0.1, -0.05) is 36.9 Å². The fourth-order valence-corrected chi connectivity index (χ4v) is 5.57. The quantitative estimate of drug-likeness (QED) is 0.647. The van der Waals surface area contributed by atoms with Crippen LogP contribution in [0.3, 0.4) is 0 Å². The third-order valence-electron chi connectivity index (χ3n) is 6.75. The van der Waals surface area contributed by atoms with E-state index in [4.69, 9.17) is 10.5 Å². The summed E-state index contributed by atoms with van der Waals surface area (Å²) in [4.78, 5) is 21.8. The van der Waals surface area contributed by atoms with Gasteiger partial charge in [-0.15, -0.1) is 0 Å².